The zero-order chi connectivity index (χ0) is 12.1. The fourth-order valence-corrected chi connectivity index (χ4v) is 2.88. The van der Waals surface area contributed by atoms with Crippen molar-refractivity contribution < 1.29 is 9.90 Å². The third-order valence-corrected chi connectivity index (χ3v) is 4.30. The summed E-state index contributed by atoms with van der Waals surface area (Å²) in [6.07, 6.45) is 6.21. The monoisotopic (exact) mass is 226 g/mol. The molecule has 2 nitrogen and oxygen atoms in total. The molecule has 1 unspecified atom stereocenters. The molecule has 1 N–H and O–H groups in total. The van der Waals surface area contributed by atoms with Gasteiger partial charge in [0.25, 0.3) is 0 Å². The Morgan fingerprint density at radius 1 is 1.44 bits per heavy atom. The lowest BCUT2D eigenvalue weighted by atomic mass is 9.73. The molecule has 0 aromatic heterocycles. The molecule has 0 aromatic rings. The summed E-state index contributed by atoms with van der Waals surface area (Å²) in [6.45, 7) is 6.06. The van der Waals surface area contributed by atoms with Crippen LogP contribution in [0.5, 0.6) is 0 Å². The van der Waals surface area contributed by atoms with Crippen molar-refractivity contribution in [1.82, 2.24) is 0 Å². The summed E-state index contributed by atoms with van der Waals surface area (Å²) in [5.41, 5.74) is 0. The zero-order valence-corrected chi connectivity index (χ0v) is 10.9. The van der Waals surface area contributed by atoms with Crippen LogP contribution in [0.4, 0.5) is 0 Å². The Balaban J connectivity index is 2.41. The molecule has 1 fully saturated rings. The first-order valence-corrected chi connectivity index (χ1v) is 6.73. The predicted molar refractivity (Wildman–Crippen MR) is 66.2 cm³/mol. The van der Waals surface area contributed by atoms with Crippen LogP contribution in [0.3, 0.4) is 0 Å². The Morgan fingerprint density at radius 3 is 2.69 bits per heavy atom. The first-order chi connectivity index (χ1) is 7.54. The average Bonchev–Trinajstić information content (AvgIpc) is 2.28. The molecule has 0 aromatic carbocycles. The van der Waals surface area contributed by atoms with Crippen molar-refractivity contribution in [3.8, 4) is 0 Å². The lowest BCUT2D eigenvalue weighted by Crippen LogP contribution is -2.26. The minimum absolute atomic E-state index is 0.0781. The Labute approximate surface area is 99.4 Å². The highest BCUT2D eigenvalue weighted by molar-refractivity contribution is 5.80. The fourth-order valence-electron chi connectivity index (χ4n) is 2.88. The average molecular weight is 226 g/mol. The molecule has 1 saturated carbocycles. The van der Waals surface area contributed by atoms with Crippen LogP contribution in [-0.2, 0) is 4.79 Å². The van der Waals surface area contributed by atoms with Crippen molar-refractivity contribution in [2.75, 3.05) is 0 Å². The summed E-state index contributed by atoms with van der Waals surface area (Å²) < 4.78 is 0. The molecule has 0 radical (unpaired) electrons. The summed E-state index contributed by atoms with van der Waals surface area (Å²) in [5, 5.41) is 9.61. The number of rotatable bonds is 5. The van der Waals surface area contributed by atoms with Gasteiger partial charge >= 0.3 is 0 Å². The van der Waals surface area contributed by atoms with Crippen LogP contribution in [0.2, 0.25) is 0 Å². The number of carbonyl (C=O) groups is 1. The minimum atomic E-state index is -0.722. The number of carbonyl (C=O) groups excluding carboxylic acids is 1. The summed E-state index contributed by atoms with van der Waals surface area (Å²) in [6, 6.07) is 0. The normalized spacial score (nSPS) is 29.8. The van der Waals surface area contributed by atoms with E-state index < -0.39 is 6.10 Å². The van der Waals surface area contributed by atoms with Crippen molar-refractivity contribution in [3.63, 3.8) is 0 Å². The molecule has 0 spiro atoms. The quantitative estimate of drug-likeness (QED) is 0.781. The summed E-state index contributed by atoms with van der Waals surface area (Å²) in [7, 11) is 0. The third kappa shape index (κ3) is 3.89. The highest BCUT2D eigenvalue weighted by Gasteiger charge is 2.27. The van der Waals surface area contributed by atoms with E-state index in [1.54, 1.807) is 0 Å². The molecule has 1 rings (SSSR count). The maximum atomic E-state index is 11.0. The van der Waals surface area contributed by atoms with Gasteiger partial charge in [0, 0.05) is 0 Å². The molecule has 0 amide bonds. The van der Waals surface area contributed by atoms with Crippen LogP contribution in [-0.4, -0.2) is 17.0 Å². The Hall–Kier alpha value is -0.370. The molecule has 0 saturated heterocycles. The van der Waals surface area contributed by atoms with E-state index >= 15 is 0 Å². The smallest absolute Gasteiger partial charge is 0.158 e. The second kappa shape index (κ2) is 6.39. The van der Waals surface area contributed by atoms with E-state index in [2.05, 4.69) is 13.8 Å². The van der Waals surface area contributed by atoms with Gasteiger partial charge in [0.15, 0.2) is 5.78 Å². The number of aliphatic hydroxyl groups excluding tert-OH is 1. The predicted octanol–water partition coefficient (Wildman–Crippen LogP) is 3.18. The number of hydrogen-bond donors (Lipinski definition) is 1. The van der Waals surface area contributed by atoms with E-state index in [1.165, 1.54) is 39.0 Å². The first-order valence-electron chi connectivity index (χ1n) is 6.73. The molecule has 16 heavy (non-hydrogen) atoms. The third-order valence-electron chi connectivity index (χ3n) is 4.30. The summed E-state index contributed by atoms with van der Waals surface area (Å²) >= 11 is 0. The number of ketones is 1. The molecule has 94 valence electrons. The van der Waals surface area contributed by atoms with Gasteiger partial charge in [-0.2, -0.15) is 0 Å². The maximum absolute atomic E-state index is 11.0. The van der Waals surface area contributed by atoms with Crippen molar-refractivity contribution in [2.24, 2.45) is 17.8 Å². The molecule has 4 atom stereocenters. The molecule has 0 aliphatic heterocycles. The molecular weight excluding hydrogens is 200 g/mol. The Morgan fingerprint density at radius 2 is 2.12 bits per heavy atom. The van der Waals surface area contributed by atoms with Gasteiger partial charge in [0.05, 0.1) is 0 Å². The van der Waals surface area contributed by atoms with Gasteiger partial charge in [-0.25, -0.2) is 0 Å². The van der Waals surface area contributed by atoms with E-state index in [0.29, 0.717) is 12.3 Å². The molecule has 0 bridgehead atoms. The topological polar surface area (TPSA) is 37.3 Å². The van der Waals surface area contributed by atoms with Gasteiger partial charge in [-0.05, 0) is 37.5 Å². The van der Waals surface area contributed by atoms with E-state index in [0.717, 1.165) is 11.8 Å². The number of Topliss-reactive ketones (excluding diaryl/α,β-unsaturated/α-hetero) is 1. The largest absolute Gasteiger partial charge is 0.385 e. The van der Waals surface area contributed by atoms with Gasteiger partial charge in [0.1, 0.15) is 6.10 Å². The first kappa shape index (κ1) is 13.7. The molecule has 0 heterocycles. The van der Waals surface area contributed by atoms with E-state index in [1.807, 2.05) is 0 Å². The van der Waals surface area contributed by atoms with Crippen molar-refractivity contribution >= 4 is 5.78 Å². The van der Waals surface area contributed by atoms with Crippen LogP contribution in [0.15, 0.2) is 0 Å². The van der Waals surface area contributed by atoms with Crippen LogP contribution in [0.25, 0.3) is 0 Å². The van der Waals surface area contributed by atoms with Gasteiger partial charge in [-0.3, -0.25) is 4.79 Å². The standard InChI is InChI=1S/C14H26O2/c1-4-10(2)13-7-5-6-12(8-13)9-14(16)11(3)15/h10,12-14,16H,4-9H2,1-3H3/t10-,12+,13-,14?/m1/s1. The van der Waals surface area contributed by atoms with Gasteiger partial charge in [-0.15, -0.1) is 0 Å². The van der Waals surface area contributed by atoms with Crippen LogP contribution in [0, 0.1) is 17.8 Å². The molecule has 2 heteroatoms. The second-order valence-corrected chi connectivity index (χ2v) is 5.54. The van der Waals surface area contributed by atoms with Crippen molar-refractivity contribution in [3.05, 3.63) is 0 Å². The van der Waals surface area contributed by atoms with Gasteiger partial charge < -0.3 is 5.11 Å². The summed E-state index contributed by atoms with van der Waals surface area (Å²) in [4.78, 5) is 11.0. The lowest BCUT2D eigenvalue weighted by Gasteiger charge is -2.33. The van der Waals surface area contributed by atoms with E-state index in [-0.39, 0.29) is 5.78 Å². The Kier molecular flexibility index (Phi) is 5.47. The lowest BCUT2D eigenvalue weighted by molar-refractivity contribution is -0.125. The van der Waals surface area contributed by atoms with Gasteiger partial charge in [0.2, 0.25) is 0 Å². The molecule has 1 aliphatic carbocycles. The number of hydrogen-bond acceptors (Lipinski definition) is 2. The van der Waals surface area contributed by atoms with Gasteiger partial charge in [-0.1, -0.05) is 39.5 Å². The SMILES string of the molecule is CC[C@@H](C)[C@@H]1CCC[C@H](CC(O)C(C)=O)C1. The Bertz CT molecular complexity index is 225. The minimum Gasteiger partial charge on any atom is -0.385 e. The van der Waals surface area contributed by atoms with Crippen LogP contribution in [0.1, 0.15) is 59.3 Å². The van der Waals surface area contributed by atoms with E-state index in [9.17, 15) is 9.90 Å². The molecular formula is C14H26O2. The highest BCUT2D eigenvalue weighted by Crippen LogP contribution is 2.36. The number of aliphatic hydroxyl groups is 1. The highest BCUT2D eigenvalue weighted by atomic mass is 16.3. The van der Waals surface area contributed by atoms with Crippen LogP contribution >= 0.6 is 0 Å². The van der Waals surface area contributed by atoms with Crippen molar-refractivity contribution in [1.29, 1.82) is 0 Å². The zero-order valence-electron chi connectivity index (χ0n) is 10.9. The molecule has 1 aliphatic rings. The second-order valence-electron chi connectivity index (χ2n) is 5.54. The maximum Gasteiger partial charge on any atom is 0.158 e. The van der Waals surface area contributed by atoms with Crippen molar-refractivity contribution in [2.45, 2.75) is 65.4 Å². The van der Waals surface area contributed by atoms with E-state index in [4.69, 9.17) is 0 Å². The fraction of sp³-hybridized carbons (Fsp3) is 0.929. The summed E-state index contributed by atoms with van der Waals surface area (Å²) in [5.74, 6) is 2.08. The van der Waals surface area contributed by atoms with Crippen LogP contribution < -0.4 is 0 Å².